The minimum atomic E-state index is -0.518. The number of anilines is 1. The number of rotatable bonds is 7. The van der Waals surface area contributed by atoms with Gasteiger partial charge in [0.2, 0.25) is 5.91 Å². The highest BCUT2D eigenvalue weighted by Crippen LogP contribution is 2.42. The molecule has 1 unspecified atom stereocenters. The van der Waals surface area contributed by atoms with E-state index in [0.717, 1.165) is 55.2 Å². The summed E-state index contributed by atoms with van der Waals surface area (Å²) in [5, 5.41) is 14.6. The number of aliphatic hydroxyl groups is 1. The summed E-state index contributed by atoms with van der Waals surface area (Å²) < 4.78 is 5.50. The van der Waals surface area contributed by atoms with Gasteiger partial charge in [-0.05, 0) is 61.8 Å². The third kappa shape index (κ3) is 5.67. The molecule has 1 aliphatic carbocycles. The minimum absolute atomic E-state index is 0.147. The molecule has 2 aromatic rings. The summed E-state index contributed by atoms with van der Waals surface area (Å²) in [6.45, 7) is 7.25. The molecule has 0 spiro atoms. The fourth-order valence-electron chi connectivity index (χ4n) is 5.68. The Bertz CT molecular complexity index is 1040. The van der Waals surface area contributed by atoms with Crippen LogP contribution in [0, 0.1) is 5.92 Å². The predicted octanol–water partition coefficient (Wildman–Crippen LogP) is 2.95. The van der Waals surface area contributed by atoms with Crippen molar-refractivity contribution in [2.75, 3.05) is 50.8 Å². The number of benzene rings is 1. The van der Waals surface area contributed by atoms with Crippen molar-refractivity contribution >= 4 is 23.3 Å². The maximum Gasteiger partial charge on any atom is 0.240 e. The molecule has 0 radical (unpaired) electrons. The summed E-state index contributed by atoms with van der Waals surface area (Å²) in [4.78, 5) is 26.8. The number of nitrogens with one attached hydrogen (secondary N) is 1. The zero-order chi connectivity index (χ0) is 25.1. The van der Waals surface area contributed by atoms with Crippen LogP contribution in [-0.4, -0.2) is 77.9 Å². The number of nitrogens with zero attached hydrogens (tertiary/aromatic N) is 4. The molecule has 1 aromatic carbocycles. The lowest BCUT2D eigenvalue weighted by molar-refractivity contribution is -0.133. The van der Waals surface area contributed by atoms with Crippen molar-refractivity contribution in [2.24, 2.45) is 5.92 Å². The second-order valence-corrected chi connectivity index (χ2v) is 10.7. The number of fused-ring (bicyclic) bond motifs is 1. The lowest BCUT2D eigenvalue weighted by atomic mass is 9.98. The third-order valence-corrected chi connectivity index (χ3v) is 8.07. The van der Waals surface area contributed by atoms with E-state index >= 15 is 0 Å². The van der Waals surface area contributed by atoms with Gasteiger partial charge in [-0.15, -0.1) is 0 Å². The van der Waals surface area contributed by atoms with Crippen LogP contribution in [0.4, 0.5) is 5.82 Å². The molecule has 3 heterocycles. The standard InChI is InChI=1S/C27H36ClN5O3/c1-18-14-23(34)25-24(18)26(31-17-30-25)32-8-10-33(11-9-32)27(35)22(15-19-2-4-21(28)5-3-19)29-16-20-6-12-36-13-7-20/h2-5,17-18,20,22-23,29,34H,6-16H2,1H3/t18-,22?,23-/m1/s1. The fourth-order valence-corrected chi connectivity index (χ4v) is 5.80. The van der Waals surface area contributed by atoms with Gasteiger partial charge in [-0.3, -0.25) is 4.79 Å². The zero-order valence-electron chi connectivity index (χ0n) is 20.9. The van der Waals surface area contributed by atoms with E-state index in [1.165, 1.54) is 0 Å². The Morgan fingerprint density at radius 1 is 1.17 bits per heavy atom. The molecular weight excluding hydrogens is 478 g/mol. The molecule has 9 heteroatoms. The van der Waals surface area contributed by atoms with Gasteiger partial charge >= 0.3 is 0 Å². The molecule has 0 saturated carbocycles. The Labute approximate surface area is 218 Å². The number of ether oxygens (including phenoxy) is 1. The number of piperazine rings is 1. The van der Waals surface area contributed by atoms with Crippen molar-refractivity contribution in [1.82, 2.24) is 20.2 Å². The van der Waals surface area contributed by atoms with Crippen molar-refractivity contribution in [2.45, 2.75) is 50.7 Å². The summed E-state index contributed by atoms with van der Waals surface area (Å²) in [5.74, 6) is 1.82. The van der Waals surface area contributed by atoms with Crippen LogP contribution in [0.15, 0.2) is 30.6 Å². The molecule has 1 aromatic heterocycles. The van der Waals surface area contributed by atoms with Gasteiger partial charge < -0.3 is 25.0 Å². The first kappa shape index (κ1) is 25.4. The van der Waals surface area contributed by atoms with Crippen LogP contribution in [0.5, 0.6) is 0 Å². The Morgan fingerprint density at radius 2 is 1.89 bits per heavy atom. The van der Waals surface area contributed by atoms with E-state index < -0.39 is 6.10 Å². The number of carbonyl (C=O) groups excluding carboxylic acids is 1. The van der Waals surface area contributed by atoms with Crippen molar-refractivity contribution in [3.8, 4) is 0 Å². The normalized spacial score (nSPS) is 23.5. The topological polar surface area (TPSA) is 90.8 Å². The van der Waals surface area contributed by atoms with Crippen molar-refractivity contribution in [3.63, 3.8) is 0 Å². The first-order valence-corrected chi connectivity index (χ1v) is 13.5. The molecular formula is C27H36ClN5O3. The molecule has 3 aliphatic rings. The van der Waals surface area contributed by atoms with Crippen molar-refractivity contribution < 1.29 is 14.6 Å². The van der Waals surface area contributed by atoms with Gasteiger partial charge in [0, 0.05) is 50.0 Å². The number of aromatic nitrogens is 2. The Balaban J connectivity index is 1.25. The molecule has 2 aliphatic heterocycles. The van der Waals surface area contributed by atoms with Gasteiger partial charge in [0.15, 0.2) is 0 Å². The van der Waals surface area contributed by atoms with Crippen LogP contribution < -0.4 is 10.2 Å². The van der Waals surface area contributed by atoms with Crippen LogP contribution in [0.3, 0.4) is 0 Å². The van der Waals surface area contributed by atoms with Crippen LogP contribution in [-0.2, 0) is 16.0 Å². The molecule has 36 heavy (non-hydrogen) atoms. The van der Waals surface area contributed by atoms with Gasteiger partial charge in [-0.25, -0.2) is 9.97 Å². The minimum Gasteiger partial charge on any atom is -0.387 e. The van der Waals surface area contributed by atoms with E-state index in [1.807, 2.05) is 29.2 Å². The molecule has 194 valence electrons. The number of amides is 1. The highest BCUT2D eigenvalue weighted by molar-refractivity contribution is 6.30. The van der Waals surface area contributed by atoms with Gasteiger partial charge in [-0.1, -0.05) is 30.7 Å². The average molecular weight is 514 g/mol. The first-order valence-electron chi connectivity index (χ1n) is 13.1. The van der Waals surface area contributed by atoms with E-state index in [1.54, 1.807) is 6.33 Å². The molecule has 5 rings (SSSR count). The number of hydrogen-bond acceptors (Lipinski definition) is 7. The van der Waals surface area contributed by atoms with Crippen molar-refractivity contribution in [3.05, 3.63) is 52.4 Å². The predicted molar refractivity (Wildman–Crippen MR) is 139 cm³/mol. The maximum atomic E-state index is 13.7. The average Bonchev–Trinajstić information content (AvgIpc) is 3.21. The Morgan fingerprint density at radius 3 is 2.61 bits per heavy atom. The smallest absolute Gasteiger partial charge is 0.240 e. The van der Waals surface area contributed by atoms with Crippen molar-refractivity contribution in [1.29, 1.82) is 0 Å². The van der Waals surface area contributed by atoms with Gasteiger partial charge in [-0.2, -0.15) is 0 Å². The zero-order valence-corrected chi connectivity index (χ0v) is 21.7. The first-order chi connectivity index (χ1) is 17.5. The van der Waals surface area contributed by atoms with E-state index in [0.29, 0.717) is 50.0 Å². The fraction of sp³-hybridized carbons (Fsp3) is 0.593. The SMILES string of the molecule is C[C@@H]1C[C@@H](O)c2ncnc(N3CCN(C(=O)C(Cc4ccc(Cl)cc4)NCC4CCOCC4)CC3)c21. The highest BCUT2D eigenvalue weighted by Gasteiger charge is 2.35. The van der Waals surface area contributed by atoms with Crippen LogP contribution in [0.1, 0.15) is 55.0 Å². The molecule has 8 nitrogen and oxygen atoms in total. The summed E-state index contributed by atoms with van der Waals surface area (Å²) in [6.07, 6.45) is 4.41. The second-order valence-electron chi connectivity index (χ2n) is 10.3. The molecule has 0 bridgehead atoms. The van der Waals surface area contributed by atoms with Gasteiger partial charge in [0.1, 0.15) is 12.1 Å². The lowest BCUT2D eigenvalue weighted by Crippen LogP contribution is -2.55. The van der Waals surface area contributed by atoms with Crippen LogP contribution in [0.25, 0.3) is 0 Å². The number of carbonyl (C=O) groups is 1. The second kappa shape index (κ2) is 11.4. The van der Waals surface area contributed by atoms with E-state index in [2.05, 4.69) is 27.1 Å². The van der Waals surface area contributed by atoms with Crippen LogP contribution >= 0.6 is 11.6 Å². The highest BCUT2D eigenvalue weighted by atomic mass is 35.5. The summed E-state index contributed by atoms with van der Waals surface area (Å²) >= 11 is 6.08. The van der Waals surface area contributed by atoms with Gasteiger partial charge in [0.05, 0.1) is 17.8 Å². The molecule has 2 fully saturated rings. The summed E-state index contributed by atoms with van der Waals surface area (Å²) in [7, 11) is 0. The van der Waals surface area contributed by atoms with E-state index in [4.69, 9.17) is 16.3 Å². The number of halogens is 1. The Kier molecular flexibility index (Phi) is 8.06. The quantitative estimate of drug-likeness (QED) is 0.588. The third-order valence-electron chi connectivity index (χ3n) is 7.81. The monoisotopic (exact) mass is 513 g/mol. The van der Waals surface area contributed by atoms with Crippen LogP contribution in [0.2, 0.25) is 5.02 Å². The molecule has 3 atom stereocenters. The maximum absolute atomic E-state index is 13.7. The molecule has 1 amide bonds. The van der Waals surface area contributed by atoms with Gasteiger partial charge in [0.25, 0.3) is 0 Å². The summed E-state index contributed by atoms with van der Waals surface area (Å²) in [5.41, 5.74) is 2.91. The lowest BCUT2D eigenvalue weighted by Gasteiger charge is -2.38. The Hall–Kier alpha value is -2.26. The van der Waals surface area contributed by atoms with E-state index in [9.17, 15) is 9.90 Å². The molecule has 2 N–H and O–H groups in total. The largest absolute Gasteiger partial charge is 0.387 e. The molecule has 2 saturated heterocycles. The number of aliphatic hydroxyl groups excluding tert-OH is 1. The van der Waals surface area contributed by atoms with E-state index in [-0.39, 0.29) is 17.9 Å². The summed E-state index contributed by atoms with van der Waals surface area (Å²) in [6, 6.07) is 7.49. The number of hydrogen-bond donors (Lipinski definition) is 2.